The SMILES string of the molecule is CS(=O)(=O)c1cccc2c1NCC2. The molecule has 0 amide bonds. The summed E-state index contributed by atoms with van der Waals surface area (Å²) in [7, 11) is -3.09. The molecule has 3 nitrogen and oxygen atoms in total. The lowest BCUT2D eigenvalue weighted by atomic mass is 10.2. The van der Waals surface area contributed by atoms with Crippen LogP contribution in [0.15, 0.2) is 23.1 Å². The summed E-state index contributed by atoms with van der Waals surface area (Å²) in [5.74, 6) is 0. The molecule has 1 heterocycles. The largest absolute Gasteiger partial charge is 0.383 e. The molecule has 2 rings (SSSR count). The molecule has 0 saturated carbocycles. The molecule has 1 aromatic carbocycles. The average molecular weight is 197 g/mol. The Morgan fingerprint density at radius 1 is 1.38 bits per heavy atom. The fraction of sp³-hybridized carbons (Fsp3) is 0.333. The van der Waals surface area contributed by atoms with Gasteiger partial charge < -0.3 is 5.32 Å². The van der Waals surface area contributed by atoms with Crippen molar-refractivity contribution in [1.29, 1.82) is 0 Å². The zero-order valence-corrected chi connectivity index (χ0v) is 8.19. The lowest BCUT2D eigenvalue weighted by molar-refractivity contribution is 0.602. The Bertz CT molecular complexity index is 437. The molecule has 4 heteroatoms. The summed E-state index contributed by atoms with van der Waals surface area (Å²) in [6.07, 6.45) is 2.15. The van der Waals surface area contributed by atoms with E-state index in [0.29, 0.717) is 4.90 Å². The summed E-state index contributed by atoms with van der Waals surface area (Å²) in [6.45, 7) is 0.835. The molecule has 0 aliphatic carbocycles. The Morgan fingerprint density at radius 2 is 2.15 bits per heavy atom. The van der Waals surface area contributed by atoms with Gasteiger partial charge in [0.15, 0.2) is 9.84 Å². The van der Waals surface area contributed by atoms with Gasteiger partial charge in [-0.1, -0.05) is 12.1 Å². The van der Waals surface area contributed by atoms with Crippen molar-refractivity contribution >= 4 is 15.5 Å². The van der Waals surface area contributed by atoms with Crippen LogP contribution in [0.2, 0.25) is 0 Å². The molecule has 1 aromatic rings. The van der Waals surface area contributed by atoms with E-state index in [-0.39, 0.29) is 0 Å². The first-order chi connectivity index (χ1) is 6.09. The van der Waals surface area contributed by atoms with Crippen LogP contribution in [0.5, 0.6) is 0 Å². The van der Waals surface area contributed by atoms with E-state index >= 15 is 0 Å². The lowest BCUT2D eigenvalue weighted by Crippen LogP contribution is -2.02. The third kappa shape index (κ3) is 1.42. The highest BCUT2D eigenvalue weighted by atomic mass is 32.2. The van der Waals surface area contributed by atoms with Crippen molar-refractivity contribution < 1.29 is 8.42 Å². The molecule has 0 atom stereocenters. The lowest BCUT2D eigenvalue weighted by Gasteiger charge is -2.05. The highest BCUT2D eigenvalue weighted by Crippen LogP contribution is 2.29. The van der Waals surface area contributed by atoms with E-state index < -0.39 is 9.84 Å². The number of sulfone groups is 1. The van der Waals surface area contributed by atoms with Gasteiger partial charge in [-0.2, -0.15) is 0 Å². The molecule has 0 spiro atoms. The molecular weight excluding hydrogens is 186 g/mol. The first kappa shape index (κ1) is 8.56. The van der Waals surface area contributed by atoms with Gasteiger partial charge in [-0.25, -0.2) is 8.42 Å². The van der Waals surface area contributed by atoms with E-state index in [9.17, 15) is 8.42 Å². The van der Waals surface area contributed by atoms with Crippen molar-refractivity contribution in [3.05, 3.63) is 23.8 Å². The standard InChI is InChI=1S/C9H11NO2S/c1-13(11,12)8-4-2-3-7-5-6-10-9(7)8/h2-4,10H,5-6H2,1H3. The number of rotatable bonds is 1. The van der Waals surface area contributed by atoms with Crippen LogP contribution in [0.3, 0.4) is 0 Å². The minimum absolute atomic E-state index is 0.419. The second kappa shape index (κ2) is 2.73. The monoisotopic (exact) mass is 197 g/mol. The van der Waals surface area contributed by atoms with E-state index in [1.807, 2.05) is 6.07 Å². The minimum Gasteiger partial charge on any atom is -0.383 e. The van der Waals surface area contributed by atoms with E-state index in [1.165, 1.54) is 6.26 Å². The van der Waals surface area contributed by atoms with Gasteiger partial charge in [0.2, 0.25) is 0 Å². The molecule has 0 fully saturated rings. The van der Waals surface area contributed by atoms with E-state index in [4.69, 9.17) is 0 Å². The Balaban J connectivity index is 2.67. The minimum atomic E-state index is -3.09. The third-order valence-corrected chi connectivity index (χ3v) is 3.35. The van der Waals surface area contributed by atoms with E-state index in [2.05, 4.69) is 5.32 Å². The van der Waals surface area contributed by atoms with E-state index in [0.717, 1.165) is 24.2 Å². The highest BCUT2D eigenvalue weighted by molar-refractivity contribution is 7.90. The fourth-order valence-electron chi connectivity index (χ4n) is 1.62. The molecule has 0 bridgehead atoms. The normalized spacial score (nSPS) is 15.2. The van der Waals surface area contributed by atoms with Crippen LogP contribution in [0.1, 0.15) is 5.56 Å². The van der Waals surface area contributed by atoms with Crippen LogP contribution in [0, 0.1) is 0 Å². The van der Waals surface area contributed by atoms with Crippen molar-refractivity contribution in [2.45, 2.75) is 11.3 Å². The molecule has 0 unspecified atom stereocenters. The number of fused-ring (bicyclic) bond motifs is 1. The van der Waals surface area contributed by atoms with Gasteiger partial charge >= 0.3 is 0 Å². The summed E-state index contributed by atoms with van der Waals surface area (Å²) >= 11 is 0. The topological polar surface area (TPSA) is 46.2 Å². The van der Waals surface area contributed by atoms with Gasteiger partial charge in [0.1, 0.15) is 0 Å². The molecule has 1 N–H and O–H groups in total. The van der Waals surface area contributed by atoms with E-state index in [1.54, 1.807) is 12.1 Å². The summed E-state index contributed by atoms with van der Waals surface area (Å²) in [4.78, 5) is 0.419. The van der Waals surface area contributed by atoms with Crippen molar-refractivity contribution in [2.24, 2.45) is 0 Å². The number of benzene rings is 1. The number of hydrogen-bond acceptors (Lipinski definition) is 3. The zero-order valence-electron chi connectivity index (χ0n) is 7.37. The van der Waals surface area contributed by atoms with Crippen molar-refractivity contribution in [3.8, 4) is 0 Å². The maximum absolute atomic E-state index is 11.4. The first-order valence-electron chi connectivity index (χ1n) is 4.15. The average Bonchev–Trinajstić information content (AvgIpc) is 2.48. The van der Waals surface area contributed by atoms with Gasteiger partial charge in [-0.05, 0) is 18.1 Å². The maximum atomic E-state index is 11.4. The van der Waals surface area contributed by atoms with Crippen LogP contribution < -0.4 is 5.32 Å². The van der Waals surface area contributed by atoms with Crippen LogP contribution >= 0.6 is 0 Å². The van der Waals surface area contributed by atoms with Gasteiger partial charge in [-0.3, -0.25) is 0 Å². The number of hydrogen-bond donors (Lipinski definition) is 1. The summed E-state index contributed by atoms with van der Waals surface area (Å²) in [5.41, 5.74) is 1.90. The van der Waals surface area contributed by atoms with Crippen LogP contribution in [0.4, 0.5) is 5.69 Å². The summed E-state index contributed by atoms with van der Waals surface area (Å²) in [5, 5.41) is 3.10. The smallest absolute Gasteiger partial charge is 0.177 e. The first-order valence-corrected chi connectivity index (χ1v) is 6.04. The van der Waals surface area contributed by atoms with Crippen molar-refractivity contribution in [2.75, 3.05) is 18.1 Å². The zero-order chi connectivity index (χ0) is 9.47. The predicted octanol–water partition coefficient (Wildman–Crippen LogP) is 1.06. The molecule has 13 heavy (non-hydrogen) atoms. The molecular formula is C9H11NO2S. The van der Waals surface area contributed by atoms with Crippen LogP contribution in [0.25, 0.3) is 0 Å². The third-order valence-electron chi connectivity index (χ3n) is 2.21. The summed E-state index contributed by atoms with van der Waals surface area (Å²) in [6, 6.07) is 5.40. The van der Waals surface area contributed by atoms with Gasteiger partial charge in [0, 0.05) is 12.8 Å². The van der Waals surface area contributed by atoms with Crippen LogP contribution in [-0.2, 0) is 16.3 Å². The predicted molar refractivity (Wildman–Crippen MR) is 51.7 cm³/mol. The maximum Gasteiger partial charge on any atom is 0.177 e. The highest BCUT2D eigenvalue weighted by Gasteiger charge is 2.19. The number of para-hydroxylation sites is 1. The summed E-state index contributed by atoms with van der Waals surface area (Å²) < 4.78 is 22.7. The van der Waals surface area contributed by atoms with Crippen molar-refractivity contribution in [1.82, 2.24) is 0 Å². The molecule has 0 aromatic heterocycles. The Kier molecular flexibility index (Phi) is 1.80. The Morgan fingerprint density at radius 3 is 2.85 bits per heavy atom. The molecule has 1 aliphatic heterocycles. The molecule has 70 valence electrons. The van der Waals surface area contributed by atoms with Crippen LogP contribution in [-0.4, -0.2) is 21.2 Å². The number of nitrogens with one attached hydrogen (secondary N) is 1. The quantitative estimate of drug-likeness (QED) is 0.732. The second-order valence-electron chi connectivity index (χ2n) is 3.24. The Hall–Kier alpha value is -1.03. The molecule has 0 radical (unpaired) electrons. The molecule has 0 saturated heterocycles. The Labute approximate surface area is 77.7 Å². The fourth-order valence-corrected chi connectivity index (χ4v) is 2.52. The van der Waals surface area contributed by atoms with Crippen molar-refractivity contribution in [3.63, 3.8) is 0 Å². The van der Waals surface area contributed by atoms with Gasteiger partial charge in [0.05, 0.1) is 10.6 Å². The number of anilines is 1. The van der Waals surface area contributed by atoms with Gasteiger partial charge in [-0.15, -0.1) is 0 Å². The molecule has 1 aliphatic rings. The van der Waals surface area contributed by atoms with Gasteiger partial charge in [0.25, 0.3) is 0 Å². The second-order valence-corrected chi connectivity index (χ2v) is 5.22.